The second kappa shape index (κ2) is 7.83. The lowest BCUT2D eigenvalue weighted by Crippen LogP contribution is -2.21. The molecule has 1 aliphatic carbocycles. The Morgan fingerprint density at radius 2 is 1.96 bits per heavy atom. The fourth-order valence-corrected chi connectivity index (χ4v) is 4.74. The molecular weight excluding hydrogens is 372 g/mol. The second-order valence-corrected chi connectivity index (χ2v) is 7.85. The van der Waals surface area contributed by atoms with Gasteiger partial charge in [0.15, 0.2) is 6.61 Å². The number of benzene rings is 2. The summed E-state index contributed by atoms with van der Waals surface area (Å²) in [4.78, 5) is 25.4. The summed E-state index contributed by atoms with van der Waals surface area (Å²) < 4.78 is 5.11. The molecule has 3 aromatic rings. The van der Waals surface area contributed by atoms with E-state index in [4.69, 9.17) is 4.74 Å². The molecule has 1 aromatic heterocycles. The lowest BCUT2D eigenvalue weighted by atomic mass is 10.1. The molecule has 28 heavy (non-hydrogen) atoms. The molecule has 1 amide bonds. The summed E-state index contributed by atoms with van der Waals surface area (Å²) >= 11 is 1.44. The van der Waals surface area contributed by atoms with E-state index in [1.54, 1.807) is 0 Å². The minimum Gasteiger partial charge on any atom is -0.455 e. The lowest BCUT2D eigenvalue weighted by molar-refractivity contribution is -0.146. The van der Waals surface area contributed by atoms with Gasteiger partial charge >= 0.3 is 5.97 Å². The van der Waals surface area contributed by atoms with Gasteiger partial charge in [0, 0.05) is 4.88 Å². The quantitative estimate of drug-likeness (QED) is 0.668. The zero-order chi connectivity index (χ0) is 19.5. The molecule has 4 rings (SSSR count). The predicted octanol–water partition coefficient (Wildman–Crippen LogP) is 3.99. The van der Waals surface area contributed by atoms with E-state index in [0.29, 0.717) is 10.6 Å². The van der Waals surface area contributed by atoms with Crippen LogP contribution in [0.25, 0.3) is 10.8 Å². The van der Waals surface area contributed by atoms with E-state index in [0.717, 1.165) is 41.2 Å². The molecule has 1 N–H and O–H groups in total. The number of nitriles is 1. The molecule has 0 bridgehead atoms. The number of nitrogens with one attached hydrogen (secondary N) is 1. The highest BCUT2D eigenvalue weighted by Crippen LogP contribution is 2.38. The first-order valence-corrected chi connectivity index (χ1v) is 9.93. The molecule has 0 radical (unpaired) electrons. The highest BCUT2D eigenvalue weighted by atomic mass is 32.1. The van der Waals surface area contributed by atoms with Crippen molar-refractivity contribution in [3.05, 3.63) is 64.0 Å². The van der Waals surface area contributed by atoms with E-state index < -0.39 is 11.9 Å². The molecule has 0 spiro atoms. The Hall–Kier alpha value is -3.17. The van der Waals surface area contributed by atoms with Crippen LogP contribution < -0.4 is 5.32 Å². The Kier molecular flexibility index (Phi) is 5.09. The van der Waals surface area contributed by atoms with Crippen LogP contribution in [0.2, 0.25) is 0 Å². The number of aryl methyl sites for hydroxylation is 1. The molecule has 6 heteroatoms. The summed E-state index contributed by atoms with van der Waals surface area (Å²) in [6.07, 6.45) is 2.99. The van der Waals surface area contributed by atoms with Crippen LogP contribution in [0.15, 0.2) is 42.5 Å². The van der Waals surface area contributed by atoms with Crippen LogP contribution in [-0.4, -0.2) is 18.5 Å². The first-order valence-electron chi connectivity index (χ1n) is 9.12. The monoisotopic (exact) mass is 390 g/mol. The zero-order valence-corrected chi connectivity index (χ0v) is 16.0. The van der Waals surface area contributed by atoms with Crippen molar-refractivity contribution in [1.29, 1.82) is 5.26 Å². The summed E-state index contributed by atoms with van der Waals surface area (Å²) in [7, 11) is 0. The number of anilines is 1. The van der Waals surface area contributed by atoms with Crippen LogP contribution in [0.3, 0.4) is 0 Å². The van der Waals surface area contributed by atoms with Crippen LogP contribution in [-0.2, 0) is 33.6 Å². The van der Waals surface area contributed by atoms with Crippen LogP contribution >= 0.6 is 11.3 Å². The lowest BCUT2D eigenvalue weighted by Gasteiger charge is -2.07. The van der Waals surface area contributed by atoms with E-state index in [9.17, 15) is 14.9 Å². The van der Waals surface area contributed by atoms with Gasteiger partial charge < -0.3 is 10.1 Å². The standard InChI is InChI=1S/C22H18N2O3S/c23-12-18-17-6-3-7-19(17)28-22(18)24-20(25)13-27-21(26)11-14-8-9-15-4-1-2-5-16(15)10-14/h1-2,4-5,8-10H,3,6-7,11,13H2,(H,24,25). The van der Waals surface area contributed by atoms with Gasteiger partial charge in [0.05, 0.1) is 12.0 Å². The number of hydrogen-bond acceptors (Lipinski definition) is 5. The fraction of sp³-hybridized carbons (Fsp3) is 0.227. The number of esters is 1. The van der Waals surface area contributed by atoms with Crippen molar-refractivity contribution in [1.82, 2.24) is 0 Å². The van der Waals surface area contributed by atoms with Crippen molar-refractivity contribution < 1.29 is 14.3 Å². The molecule has 0 saturated carbocycles. The average molecular weight is 390 g/mol. The van der Waals surface area contributed by atoms with Gasteiger partial charge in [0.1, 0.15) is 11.1 Å². The van der Waals surface area contributed by atoms with Crippen LogP contribution in [0.5, 0.6) is 0 Å². The van der Waals surface area contributed by atoms with Crippen LogP contribution in [0.1, 0.15) is 28.0 Å². The Labute approximate surface area is 166 Å². The van der Waals surface area contributed by atoms with Gasteiger partial charge in [0.2, 0.25) is 0 Å². The summed E-state index contributed by atoms with van der Waals surface area (Å²) in [5.41, 5.74) is 2.44. The SMILES string of the molecule is N#Cc1c(NC(=O)COC(=O)Cc2ccc3ccccc3c2)sc2c1CCC2. The highest BCUT2D eigenvalue weighted by Gasteiger charge is 2.23. The largest absolute Gasteiger partial charge is 0.455 e. The number of fused-ring (bicyclic) bond motifs is 2. The average Bonchev–Trinajstić information content (AvgIpc) is 3.27. The molecule has 0 saturated heterocycles. The van der Waals surface area contributed by atoms with Gasteiger partial charge in [-0.2, -0.15) is 5.26 Å². The zero-order valence-electron chi connectivity index (χ0n) is 15.2. The molecule has 2 aromatic carbocycles. The normalized spacial score (nSPS) is 12.4. The van der Waals surface area contributed by atoms with Crippen molar-refractivity contribution in [3.63, 3.8) is 0 Å². The van der Waals surface area contributed by atoms with Crippen molar-refractivity contribution in [2.45, 2.75) is 25.7 Å². The third-order valence-corrected chi connectivity index (χ3v) is 6.02. The molecule has 1 aliphatic rings. The smallest absolute Gasteiger partial charge is 0.310 e. The Balaban J connectivity index is 1.33. The first kappa shape index (κ1) is 18.2. The maximum absolute atomic E-state index is 12.1. The summed E-state index contributed by atoms with van der Waals surface area (Å²) in [6.45, 7) is -0.361. The van der Waals surface area contributed by atoms with E-state index in [1.165, 1.54) is 16.2 Å². The number of ether oxygens (including phenoxy) is 1. The van der Waals surface area contributed by atoms with Crippen LogP contribution in [0.4, 0.5) is 5.00 Å². The highest BCUT2D eigenvalue weighted by molar-refractivity contribution is 7.16. The van der Waals surface area contributed by atoms with Gasteiger partial charge in [-0.3, -0.25) is 9.59 Å². The van der Waals surface area contributed by atoms with Crippen molar-refractivity contribution in [2.75, 3.05) is 11.9 Å². The number of amides is 1. The summed E-state index contributed by atoms with van der Waals surface area (Å²) in [6, 6.07) is 15.9. The Bertz CT molecular complexity index is 1110. The maximum atomic E-state index is 12.1. The van der Waals surface area contributed by atoms with Gasteiger partial charge in [-0.15, -0.1) is 11.3 Å². The van der Waals surface area contributed by atoms with E-state index >= 15 is 0 Å². The molecule has 1 heterocycles. The fourth-order valence-electron chi connectivity index (χ4n) is 3.49. The topological polar surface area (TPSA) is 79.2 Å². The van der Waals surface area contributed by atoms with Crippen molar-refractivity contribution in [2.24, 2.45) is 0 Å². The van der Waals surface area contributed by atoms with Gasteiger partial charge in [-0.25, -0.2) is 0 Å². The molecule has 0 aliphatic heterocycles. The van der Waals surface area contributed by atoms with E-state index in [2.05, 4.69) is 11.4 Å². The Morgan fingerprint density at radius 1 is 1.14 bits per heavy atom. The Morgan fingerprint density at radius 3 is 2.79 bits per heavy atom. The summed E-state index contributed by atoms with van der Waals surface area (Å²) in [5.74, 6) is -0.886. The predicted molar refractivity (Wildman–Crippen MR) is 108 cm³/mol. The van der Waals surface area contributed by atoms with Crippen molar-refractivity contribution >= 4 is 39.0 Å². The van der Waals surface area contributed by atoms with Gasteiger partial charge in [-0.1, -0.05) is 42.5 Å². The maximum Gasteiger partial charge on any atom is 0.310 e. The van der Waals surface area contributed by atoms with E-state index in [-0.39, 0.29) is 13.0 Å². The first-order chi connectivity index (χ1) is 13.6. The third-order valence-electron chi connectivity index (χ3n) is 4.81. The van der Waals surface area contributed by atoms with Crippen LogP contribution in [0, 0.1) is 11.3 Å². The van der Waals surface area contributed by atoms with Crippen molar-refractivity contribution in [3.8, 4) is 6.07 Å². The molecular formula is C22H18N2O3S. The number of carbonyl (C=O) groups is 2. The number of rotatable bonds is 5. The molecule has 0 unspecified atom stereocenters. The molecule has 5 nitrogen and oxygen atoms in total. The number of thiophene rings is 1. The molecule has 0 atom stereocenters. The minimum atomic E-state index is -0.459. The van der Waals surface area contributed by atoms with Gasteiger partial charge in [0.25, 0.3) is 5.91 Å². The van der Waals surface area contributed by atoms with E-state index in [1.807, 2.05) is 42.5 Å². The number of nitrogens with zero attached hydrogens (tertiary/aromatic N) is 1. The third kappa shape index (κ3) is 3.75. The van der Waals surface area contributed by atoms with Gasteiger partial charge in [-0.05, 0) is 41.2 Å². The number of hydrogen-bond donors (Lipinski definition) is 1. The minimum absolute atomic E-state index is 0.106. The summed E-state index contributed by atoms with van der Waals surface area (Å²) in [5, 5.41) is 14.8. The number of carbonyl (C=O) groups excluding carboxylic acids is 2. The molecule has 0 fully saturated rings. The second-order valence-electron chi connectivity index (χ2n) is 6.74. The molecule has 140 valence electrons.